The predicted octanol–water partition coefficient (Wildman–Crippen LogP) is -0.200. The predicted molar refractivity (Wildman–Crippen MR) is 34.7 cm³/mol. The van der Waals surface area contributed by atoms with E-state index in [0.717, 1.165) is 6.33 Å². The highest BCUT2D eigenvalue weighted by atomic mass is 19.3. The molecule has 7 heteroatoms. The van der Waals surface area contributed by atoms with Gasteiger partial charge in [0, 0.05) is 0 Å². The Morgan fingerprint density at radius 3 is 3.00 bits per heavy atom. The summed E-state index contributed by atoms with van der Waals surface area (Å²) in [6.07, 6.45) is -1.44. The fraction of sp³-hybridized carbons (Fsp3) is 0.400. The van der Waals surface area contributed by atoms with E-state index >= 15 is 0 Å². The Labute approximate surface area is 66.2 Å². The first-order valence-corrected chi connectivity index (χ1v) is 3.12. The van der Waals surface area contributed by atoms with Crippen LogP contribution in [0.5, 0.6) is 0 Å². The van der Waals surface area contributed by atoms with Gasteiger partial charge in [-0.2, -0.15) is 5.10 Å². The summed E-state index contributed by atoms with van der Waals surface area (Å²) < 4.78 is 23.2. The molecule has 12 heavy (non-hydrogen) atoms. The zero-order valence-electron chi connectivity index (χ0n) is 5.92. The maximum Gasteiger partial charge on any atom is 0.288 e. The number of carbonyl (C=O) groups is 1. The molecule has 2 N–H and O–H groups in total. The van der Waals surface area contributed by atoms with Gasteiger partial charge in [0.25, 0.3) is 12.3 Å². The van der Waals surface area contributed by atoms with Crippen molar-refractivity contribution in [3.05, 3.63) is 12.2 Å². The Morgan fingerprint density at radius 1 is 1.75 bits per heavy atom. The van der Waals surface area contributed by atoms with Crippen molar-refractivity contribution < 1.29 is 13.6 Å². The van der Waals surface area contributed by atoms with Crippen LogP contribution in [0.2, 0.25) is 0 Å². The molecule has 0 bridgehead atoms. The maximum absolute atomic E-state index is 11.6. The van der Waals surface area contributed by atoms with Crippen molar-refractivity contribution >= 4 is 5.91 Å². The third-order valence-electron chi connectivity index (χ3n) is 1.05. The van der Waals surface area contributed by atoms with E-state index in [1.165, 1.54) is 0 Å². The molecule has 1 rings (SSSR count). The summed E-state index contributed by atoms with van der Waals surface area (Å²) in [7, 11) is 0. The van der Waals surface area contributed by atoms with Crippen molar-refractivity contribution in [2.24, 2.45) is 0 Å². The van der Waals surface area contributed by atoms with E-state index < -0.39 is 18.9 Å². The van der Waals surface area contributed by atoms with Gasteiger partial charge >= 0.3 is 0 Å². The molecule has 1 amide bonds. The molecule has 1 aromatic heterocycles. The molecule has 0 aliphatic carbocycles. The number of aromatic nitrogens is 3. The van der Waals surface area contributed by atoms with Gasteiger partial charge in [0.1, 0.15) is 6.33 Å². The summed E-state index contributed by atoms with van der Waals surface area (Å²) in [6, 6.07) is 0. The number of alkyl halides is 2. The van der Waals surface area contributed by atoms with Crippen LogP contribution in [0.25, 0.3) is 0 Å². The first-order chi connectivity index (χ1) is 5.70. The molecule has 0 aliphatic heterocycles. The topological polar surface area (TPSA) is 70.7 Å². The SMILES string of the molecule is O=C(NCC(F)F)c1ncn[nH]1. The lowest BCUT2D eigenvalue weighted by Gasteiger charge is -1.99. The van der Waals surface area contributed by atoms with Crippen molar-refractivity contribution in [3.8, 4) is 0 Å². The quantitative estimate of drug-likeness (QED) is 0.669. The van der Waals surface area contributed by atoms with E-state index in [1.807, 2.05) is 5.32 Å². The number of hydrogen-bond donors (Lipinski definition) is 2. The Hall–Kier alpha value is -1.53. The molecule has 1 heterocycles. The molecule has 0 radical (unpaired) electrons. The second kappa shape index (κ2) is 3.74. The van der Waals surface area contributed by atoms with Gasteiger partial charge in [0.15, 0.2) is 0 Å². The van der Waals surface area contributed by atoms with Crippen LogP contribution in [0, 0.1) is 0 Å². The van der Waals surface area contributed by atoms with Gasteiger partial charge in [-0.05, 0) is 0 Å². The molecule has 0 unspecified atom stereocenters. The van der Waals surface area contributed by atoms with Crippen LogP contribution in [0.1, 0.15) is 10.6 Å². The monoisotopic (exact) mass is 176 g/mol. The van der Waals surface area contributed by atoms with Crippen LogP contribution in [-0.4, -0.2) is 34.1 Å². The third-order valence-corrected chi connectivity index (χ3v) is 1.05. The Balaban J connectivity index is 2.40. The van der Waals surface area contributed by atoms with Crippen molar-refractivity contribution in [3.63, 3.8) is 0 Å². The number of rotatable bonds is 3. The van der Waals surface area contributed by atoms with Crippen LogP contribution < -0.4 is 5.32 Å². The third kappa shape index (κ3) is 2.26. The summed E-state index contributed by atoms with van der Waals surface area (Å²) in [5.41, 5.74) is 0. The number of hydrogen-bond acceptors (Lipinski definition) is 3. The average Bonchev–Trinajstić information content (AvgIpc) is 2.51. The van der Waals surface area contributed by atoms with E-state index in [2.05, 4.69) is 15.2 Å². The van der Waals surface area contributed by atoms with Gasteiger partial charge in [-0.1, -0.05) is 0 Å². The lowest BCUT2D eigenvalue weighted by Crippen LogP contribution is -2.29. The van der Waals surface area contributed by atoms with Gasteiger partial charge in [-0.25, -0.2) is 13.8 Å². The number of halogens is 2. The van der Waals surface area contributed by atoms with E-state index in [0.29, 0.717) is 0 Å². The Kier molecular flexibility index (Phi) is 2.67. The molecule has 0 aliphatic rings. The van der Waals surface area contributed by atoms with Crippen molar-refractivity contribution in [2.45, 2.75) is 6.43 Å². The molecule has 0 aromatic carbocycles. The molecule has 0 saturated heterocycles. The van der Waals surface area contributed by atoms with Gasteiger partial charge in [-0.15, -0.1) is 0 Å². The highest BCUT2D eigenvalue weighted by Crippen LogP contribution is 1.90. The second-order valence-corrected chi connectivity index (χ2v) is 1.94. The number of amides is 1. The molecule has 5 nitrogen and oxygen atoms in total. The summed E-state index contributed by atoms with van der Waals surface area (Å²) >= 11 is 0. The van der Waals surface area contributed by atoms with Crippen LogP contribution >= 0.6 is 0 Å². The van der Waals surface area contributed by atoms with E-state index in [9.17, 15) is 13.6 Å². The largest absolute Gasteiger partial charge is 0.344 e. The summed E-state index contributed by atoms with van der Waals surface area (Å²) in [5, 5.41) is 7.59. The first-order valence-electron chi connectivity index (χ1n) is 3.12. The number of nitrogens with one attached hydrogen (secondary N) is 2. The van der Waals surface area contributed by atoms with E-state index in [1.54, 1.807) is 0 Å². The molecule has 0 fully saturated rings. The van der Waals surface area contributed by atoms with Gasteiger partial charge < -0.3 is 5.32 Å². The molecule has 1 aromatic rings. The zero-order chi connectivity index (χ0) is 8.97. The van der Waals surface area contributed by atoms with Gasteiger partial charge in [0.2, 0.25) is 5.82 Å². The van der Waals surface area contributed by atoms with Crippen LogP contribution in [0.4, 0.5) is 8.78 Å². The summed E-state index contributed by atoms with van der Waals surface area (Å²) in [4.78, 5) is 14.3. The van der Waals surface area contributed by atoms with E-state index in [4.69, 9.17) is 0 Å². The minimum absolute atomic E-state index is 0.0735. The lowest BCUT2D eigenvalue weighted by molar-refractivity contribution is 0.0882. The molecule has 0 atom stereocenters. The highest BCUT2D eigenvalue weighted by molar-refractivity contribution is 5.90. The molecule has 0 spiro atoms. The van der Waals surface area contributed by atoms with Crippen molar-refractivity contribution in [1.29, 1.82) is 0 Å². The fourth-order valence-electron chi connectivity index (χ4n) is 0.568. The number of carbonyl (C=O) groups excluding carboxylic acids is 1. The molecule has 66 valence electrons. The first kappa shape index (κ1) is 8.57. The van der Waals surface area contributed by atoms with Crippen molar-refractivity contribution in [2.75, 3.05) is 6.54 Å². The van der Waals surface area contributed by atoms with E-state index in [-0.39, 0.29) is 5.82 Å². The number of H-pyrrole nitrogens is 1. The Bertz CT molecular complexity index is 248. The normalized spacial score (nSPS) is 10.2. The molecule has 0 saturated carbocycles. The summed E-state index contributed by atoms with van der Waals surface area (Å²) in [6.45, 7) is -0.681. The Morgan fingerprint density at radius 2 is 2.50 bits per heavy atom. The highest BCUT2D eigenvalue weighted by Gasteiger charge is 2.10. The number of nitrogens with zero attached hydrogens (tertiary/aromatic N) is 2. The lowest BCUT2D eigenvalue weighted by atomic mass is 10.5. The van der Waals surface area contributed by atoms with Gasteiger partial charge in [-0.3, -0.25) is 9.89 Å². The average molecular weight is 176 g/mol. The van der Waals surface area contributed by atoms with Gasteiger partial charge in [0.05, 0.1) is 6.54 Å². The van der Waals surface area contributed by atoms with Crippen LogP contribution in [-0.2, 0) is 0 Å². The minimum atomic E-state index is -2.56. The molecular weight excluding hydrogens is 170 g/mol. The standard InChI is InChI=1S/C5H6F2N4O/c6-3(7)1-8-5(12)4-9-2-10-11-4/h2-3H,1H2,(H,8,12)(H,9,10,11). The second-order valence-electron chi connectivity index (χ2n) is 1.94. The maximum atomic E-state index is 11.6. The van der Waals surface area contributed by atoms with Crippen molar-refractivity contribution in [1.82, 2.24) is 20.5 Å². The van der Waals surface area contributed by atoms with Crippen LogP contribution in [0.3, 0.4) is 0 Å². The van der Waals surface area contributed by atoms with Crippen LogP contribution in [0.15, 0.2) is 6.33 Å². The number of aromatic amines is 1. The zero-order valence-corrected chi connectivity index (χ0v) is 5.92. The smallest absolute Gasteiger partial charge is 0.288 e. The minimum Gasteiger partial charge on any atom is -0.344 e. The summed E-state index contributed by atoms with van der Waals surface area (Å²) in [5.74, 6) is -0.761. The fourth-order valence-corrected chi connectivity index (χ4v) is 0.568. The molecular formula is C5H6F2N4O.